The first-order valence-electron chi connectivity index (χ1n) is 25.5. The number of pyridine rings is 2. The van der Waals surface area contributed by atoms with Crippen LogP contribution in [0.2, 0.25) is 0 Å². The summed E-state index contributed by atoms with van der Waals surface area (Å²) >= 11 is 0. The van der Waals surface area contributed by atoms with E-state index in [4.69, 9.17) is 18.3 Å². The number of hydrogen-bond donors (Lipinski definition) is 0. The zero-order valence-corrected chi connectivity index (χ0v) is 47.7. The van der Waals surface area contributed by atoms with Gasteiger partial charge in [-0.15, -0.1) is 36.0 Å². The molecule has 0 amide bonds. The Morgan fingerprint density at radius 3 is 1.79 bits per heavy atom. The fraction of sp³-hybridized carbons (Fsp3) is 0.0455. The second-order valence-electron chi connectivity index (χ2n) is 18.7. The first-order valence-corrected chi connectivity index (χ1v) is 25.5. The van der Waals surface area contributed by atoms with Crippen LogP contribution in [-0.4, -0.2) is 40.5 Å². The zero-order chi connectivity index (χ0) is 52.4. The Balaban J connectivity index is 0.000000165. The van der Waals surface area contributed by atoms with E-state index in [-0.39, 0.29) is 45.0 Å². The minimum Gasteiger partial charge on any atom is -1.00 e. The van der Waals surface area contributed by atoms with E-state index in [0.717, 1.165) is 84.8 Å². The van der Waals surface area contributed by atoms with Gasteiger partial charge in [-0.05, 0) is 97.9 Å². The minimum atomic E-state index is 0. The summed E-state index contributed by atoms with van der Waals surface area (Å²) in [5, 5.41) is 3.95. The van der Waals surface area contributed by atoms with Crippen LogP contribution in [0.5, 0.6) is 23.3 Å². The summed E-state index contributed by atoms with van der Waals surface area (Å²) in [6, 6.07) is 75.6. The number of rotatable bonds is 12. The summed E-state index contributed by atoms with van der Waals surface area (Å²) in [5.41, 5.74) is 10.5. The summed E-state index contributed by atoms with van der Waals surface area (Å²) in [6.45, 7) is 2.81. The Hall–Kier alpha value is -9.04. The van der Waals surface area contributed by atoms with E-state index in [9.17, 15) is 0 Å². The molecule has 0 saturated heterocycles. The number of para-hydroxylation sites is 4. The maximum Gasteiger partial charge on any atom is 0.219 e. The van der Waals surface area contributed by atoms with Gasteiger partial charge in [-0.2, -0.15) is 12.7 Å². The van der Waals surface area contributed by atoms with Crippen molar-refractivity contribution in [3.05, 3.63) is 262 Å². The molecule has 14 heteroatoms. The molecule has 0 aliphatic carbocycles. The SMILES string of the molecule is CN1C=CN(c2[c-]c(N(c3ccccc3)c3[c-]c(Oc4ccccn4)cc4c3oc3ccccc34)ccc2)[CH-]1.CN1C=CN(c2cccc(N(c3ccccc3)c3cc(Oc4ccccn4)cc4c3oc3ccccc34)c2)C1.[I-].[Pt]. The molecular weight excluding hydrogens is 1290 g/mol. The van der Waals surface area contributed by atoms with Gasteiger partial charge in [0, 0.05) is 121 Å². The van der Waals surface area contributed by atoms with Gasteiger partial charge in [-0.3, -0.25) is 0 Å². The third kappa shape index (κ3) is 10.9. The first kappa shape index (κ1) is 53.0. The molecule has 0 unspecified atom stereocenters. The van der Waals surface area contributed by atoms with Crippen molar-refractivity contribution in [1.82, 2.24) is 19.8 Å². The van der Waals surface area contributed by atoms with E-state index in [2.05, 4.69) is 134 Å². The van der Waals surface area contributed by atoms with Gasteiger partial charge in [0.1, 0.15) is 16.9 Å². The molecule has 398 valence electrons. The van der Waals surface area contributed by atoms with Crippen LogP contribution in [0.3, 0.4) is 0 Å². The van der Waals surface area contributed by atoms with E-state index < -0.39 is 0 Å². The maximum atomic E-state index is 6.52. The molecule has 8 aromatic carbocycles. The standard InChI is InChI=1S/C33H26N4O2.C33H23N4O2.HI.Pt/c2*1-35-18-19-36(23-35)25-12-9-13-26(20-25)37(24-10-3-2-4-11-24)30-22-27(38-32-16-7-8-17-34-32)21-29-28-14-5-6-15-31(28)39-33(29)30;;/h2-22H,23H2,1H3;2-19,21,23H,1H3;1H;/q;-3;;/p-1. The molecule has 0 radical (unpaired) electrons. The van der Waals surface area contributed by atoms with Gasteiger partial charge in [0.25, 0.3) is 0 Å². The van der Waals surface area contributed by atoms with Crippen molar-refractivity contribution < 1.29 is 63.3 Å². The second kappa shape index (κ2) is 23.5. The molecule has 14 rings (SSSR count). The third-order valence-corrected chi connectivity index (χ3v) is 13.4. The fourth-order valence-corrected chi connectivity index (χ4v) is 9.79. The normalized spacial score (nSPS) is 12.6. The molecular formula is C66H49IN8O4Pt-4. The number of aromatic nitrogens is 2. The van der Waals surface area contributed by atoms with Crippen molar-refractivity contribution >= 4 is 89.4 Å². The largest absolute Gasteiger partial charge is 1.00 e. The van der Waals surface area contributed by atoms with Gasteiger partial charge in [0.15, 0.2) is 5.58 Å². The van der Waals surface area contributed by atoms with Gasteiger partial charge in [-0.25, -0.2) is 9.97 Å². The minimum absolute atomic E-state index is 0. The first-order chi connectivity index (χ1) is 38.5. The van der Waals surface area contributed by atoms with Crippen LogP contribution in [0.4, 0.5) is 45.5 Å². The summed E-state index contributed by atoms with van der Waals surface area (Å²) in [6.07, 6.45) is 11.6. The second-order valence-corrected chi connectivity index (χ2v) is 18.7. The van der Waals surface area contributed by atoms with Crippen molar-refractivity contribution in [2.45, 2.75) is 0 Å². The van der Waals surface area contributed by atoms with Crippen molar-refractivity contribution in [1.29, 1.82) is 0 Å². The van der Waals surface area contributed by atoms with Crippen LogP contribution in [0.1, 0.15) is 0 Å². The van der Waals surface area contributed by atoms with Crippen molar-refractivity contribution in [3.8, 4) is 23.3 Å². The van der Waals surface area contributed by atoms with Gasteiger partial charge in [0.2, 0.25) is 11.8 Å². The maximum absolute atomic E-state index is 6.52. The third-order valence-electron chi connectivity index (χ3n) is 13.4. The predicted molar refractivity (Wildman–Crippen MR) is 311 cm³/mol. The molecule has 0 atom stereocenters. The number of furan rings is 2. The van der Waals surface area contributed by atoms with Gasteiger partial charge in [0.05, 0.1) is 12.4 Å². The molecule has 80 heavy (non-hydrogen) atoms. The number of halogens is 1. The monoisotopic (exact) mass is 1340 g/mol. The van der Waals surface area contributed by atoms with Crippen LogP contribution in [0.25, 0.3) is 43.9 Å². The molecule has 0 bridgehead atoms. The summed E-state index contributed by atoms with van der Waals surface area (Å²) < 4.78 is 25.5. The Morgan fingerprint density at radius 2 is 1.14 bits per heavy atom. The summed E-state index contributed by atoms with van der Waals surface area (Å²) in [4.78, 5) is 21.5. The van der Waals surface area contributed by atoms with E-state index >= 15 is 0 Å². The Labute approximate surface area is 494 Å². The van der Waals surface area contributed by atoms with Crippen LogP contribution in [-0.2, 0) is 21.1 Å². The zero-order valence-electron chi connectivity index (χ0n) is 43.3. The Morgan fingerprint density at radius 1 is 0.525 bits per heavy atom. The number of hydrogen-bond acceptors (Lipinski definition) is 12. The quantitative estimate of drug-likeness (QED) is 0.0862. The van der Waals surface area contributed by atoms with Crippen LogP contribution in [0.15, 0.2) is 252 Å². The molecule has 12 aromatic rings. The van der Waals surface area contributed by atoms with E-state index in [1.54, 1.807) is 12.4 Å². The molecule has 2 aliphatic rings. The molecule has 4 aromatic heterocycles. The van der Waals surface area contributed by atoms with Crippen molar-refractivity contribution in [3.63, 3.8) is 0 Å². The summed E-state index contributed by atoms with van der Waals surface area (Å²) in [7, 11) is 4.07. The fourth-order valence-electron chi connectivity index (χ4n) is 9.79. The average Bonchev–Trinajstić information content (AvgIpc) is 4.34. The molecule has 2 aliphatic heterocycles. The smallest absolute Gasteiger partial charge is 0.219 e. The van der Waals surface area contributed by atoms with Crippen molar-refractivity contribution in [2.24, 2.45) is 0 Å². The molecule has 0 spiro atoms. The van der Waals surface area contributed by atoms with Gasteiger partial charge >= 0.3 is 0 Å². The summed E-state index contributed by atoms with van der Waals surface area (Å²) in [5.74, 6) is 2.25. The van der Waals surface area contributed by atoms with Crippen LogP contribution in [0, 0.1) is 18.8 Å². The Kier molecular flexibility index (Phi) is 15.6. The van der Waals surface area contributed by atoms with E-state index in [1.165, 1.54) is 0 Å². The predicted octanol–water partition coefficient (Wildman–Crippen LogP) is 13.6. The van der Waals surface area contributed by atoms with Crippen LogP contribution >= 0.6 is 0 Å². The number of nitrogens with zero attached hydrogens (tertiary/aromatic N) is 8. The van der Waals surface area contributed by atoms with Gasteiger partial charge in [-0.1, -0.05) is 102 Å². The average molecular weight is 1340 g/mol. The number of fused-ring (bicyclic) bond motifs is 6. The number of anilines is 8. The molecule has 0 saturated carbocycles. The topological polar surface area (TPSA) is 90.0 Å². The van der Waals surface area contributed by atoms with Crippen LogP contribution < -0.4 is 53.1 Å². The molecule has 0 N–H and O–H groups in total. The molecule has 12 nitrogen and oxygen atoms in total. The van der Waals surface area contributed by atoms with Crippen molar-refractivity contribution in [2.75, 3.05) is 40.4 Å². The van der Waals surface area contributed by atoms with Gasteiger partial charge < -0.3 is 71.7 Å². The van der Waals surface area contributed by atoms with E-state index in [1.807, 2.05) is 169 Å². The molecule has 0 fully saturated rings. The number of ether oxygens (including phenoxy) is 2. The Bertz CT molecular complexity index is 3880. The van der Waals surface area contributed by atoms with E-state index in [0.29, 0.717) is 34.5 Å². The number of benzene rings is 8. The molecule has 6 heterocycles.